The van der Waals surface area contributed by atoms with Crippen LogP contribution in [0.15, 0.2) is 42.5 Å². The van der Waals surface area contributed by atoms with E-state index in [2.05, 4.69) is 53.1 Å². The van der Waals surface area contributed by atoms with E-state index < -0.39 is 5.54 Å². The zero-order valence-corrected chi connectivity index (χ0v) is 14.8. The van der Waals surface area contributed by atoms with E-state index >= 15 is 0 Å². The maximum absolute atomic E-state index is 12.3. The molecule has 26 heavy (non-hydrogen) atoms. The Labute approximate surface area is 154 Å². The quantitative estimate of drug-likeness (QED) is 0.751. The Morgan fingerprint density at radius 1 is 1.04 bits per heavy atom. The summed E-state index contributed by atoms with van der Waals surface area (Å²) in [7, 11) is 0. The second kappa shape index (κ2) is 6.84. The lowest BCUT2D eigenvalue weighted by molar-refractivity contribution is -0.121. The zero-order valence-electron chi connectivity index (χ0n) is 14.8. The number of carbonyl (C=O) groups is 1. The number of hydrogen-bond donors (Lipinski definition) is 2. The van der Waals surface area contributed by atoms with Gasteiger partial charge in [-0.2, -0.15) is 5.26 Å². The van der Waals surface area contributed by atoms with Gasteiger partial charge < -0.3 is 10.6 Å². The molecule has 1 amide bonds. The first-order valence-electron chi connectivity index (χ1n) is 9.36. The number of benzene rings is 2. The van der Waals surface area contributed by atoms with E-state index in [4.69, 9.17) is 0 Å². The van der Waals surface area contributed by atoms with E-state index in [9.17, 15) is 10.1 Å². The zero-order chi connectivity index (χ0) is 18.0. The SMILES string of the molecule is N#CC1(NC(=O)CNc2ccc3c(c2)Cc2ccccc2-3)CCCCC1. The van der Waals surface area contributed by atoms with Crippen molar-refractivity contribution >= 4 is 11.6 Å². The molecule has 0 bridgehead atoms. The van der Waals surface area contributed by atoms with Gasteiger partial charge >= 0.3 is 0 Å². The molecular formula is C22H23N3O. The highest BCUT2D eigenvalue weighted by atomic mass is 16.2. The van der Waals surface area contributed by atoms with E-state index in [0.717, 1.165) is 44.2 Å². The lowest BCUT2D eigenvalue weighted by Crippen LogP contribution is -2.50. The van der Waals surface area contributed by atoms with Crippen LogP contribution in [0.4, 0.5) is 5.69 Å². The Kier molecular flexibility index (Phi) is 4.38. The molecule has 2 aliphatic carbocycles. The molecule has 0 radical (unpaired) electrons. The molecule has 0 aromatic heterocycles. The Balaban J connectivity index is 1.39. The molecule has 1 fully saturated rings. The number of nitrogens with zero attached hydrogens (tertiary/aromatic N) is 1. The molecule has 0 saturated heterocycles. The van der Waals surface area contributed by atoms with Gasteiger partial charge in [0.05, 0.1) is 12.6 Å². The van der Waals surface area contributed by atoms with Gasteiger partial charge in [-0.1, -0.05) is 49.6 Å². The van der Waals surface area contributed by atoms with Crippen LogP contribution in [0, 0.1) is 11.3 Å². The molecule has 0 unspecified atom stereocenters. The highest BCUT2D eigenvalue weighted by Gasteiger charge is 2.33. The monoisotopic (exact) mass is 345 g/mol. The van der Waals surface area contributed by atoms with Crippen LogP contribution in [0.5, 0.6) is 0 Å². The van der Waals surface area contributed by atoms with Crippen molar-refractivity contribution in [3.8, 4) is 17.2 Å². The highest BCUT2D eigenvalue weighted by molar-refractivity contribution is 5.83. The molecule has 4 heteroatoms. The molecule has 0 spiro atoms. The molecule has 0 aliphatic heterocycles. The molecule has 1 saturated carbocycles. The standard InChI is InChI=1S/C22H23N3O/c23-15-22(10-4-1-5-11-22)25-21(26)14-24-18-8-9-20-17(13-18)12-16-6-2-3-7-19(16)20/h2-3,6-9,13,24H,1,4-5,10-12,14H2,(H,25,26). The van der Waals surface area contributed by atoms with Crippen LogP contribution in [-0.2, 0) is 11.2 Å². The van der Waals surface area contributed by atoms with Crippen molar-refractivity contribution in [2.45, 2.75) is 44.1 Å². The predicted molar refractivity (Wildman–Crippen MR) is 103 cm³/mol. The van der Waals surface area contributed by atoms with Crippen molar-refractivity contribution in [3.63, 3.8) is 0 Å². The smallest absolute Gasteiger partial charge is 0.240 e. The van der Waals surface area contributed by atoms with Gasteiger partial charge in [0.15, 0.2) is 0 Å². The maximum atomic E-state index is 12.3. The Morgan fingerprint density at radius 3 is 2.62 bits per heavy atom. The van der Waals surface area contributed by atoms with Crippen molar-refractivity contribution in [3.05, 3.63) is 53.6 Å². The summed E-state index contributed by atoms with van der Waals surface area (Å²) in [5.41, 5.74) is 5.50. The van der Waals surface area contributed by atoms with Gasteiger partial charge in [-0.25, -0.2) is 0 Å². The first-order valence-corrected chi connectivity index (χ1v) is 9.36. The van der Waals surface area contributed by atoms with E-state index in [-0.39, 0.29) is 12.5 Å². The Bertz CT molecular complexity index is 875. The molecule has 2 aliphatic rings. The van der Waals surface area contributed by atoms with Crippen molar-refractivity contribution in [2.75, 3.05) is 11.9 Å². The van der Waals surface area contributed by atoms with Crippen molar-refractivity contribution in [2.24, 2.45) is 0 Å². The molecule has 4 rings (SSSR count). The summed E-state index contributed by atoms with van der Waals surface area (Å²) in [6.07, 6.45) is 5.61. The third kappa shape index (κ3) is 3.17. The summed E-state index contributed by atoms with van der Waals surface area (Å²) in [5, 5.41) is 15.6. The minimum atomic E-state index is -0.670. The van der Waals surface area contributed by atoms with Gasteiger partial charge in [-0.05, 0) is 53.6 Å². The van der Waals surface area contributed by atoms with Gasteiger partial charge in [-0.15, -0.1) is 0 Å². The number of hydrogen-bond acceptors (Lipinski definition) is 3. The Hall–Kier alpha value is -2.80. The summed E-state index contributed by atoms with van der Waals surface area (Å²) >= 11 is 0. The first-order chi connectivity index (χ1) is 12.7. The topological polar surface area (TPSA) is 64.9 Å². The predicted octanol–water partition coefficient (Wildman–Crippen LogP) is 4.01. The summed E-state index contributed by atoms with van der Waals surface area (Å²) in [4.78, 5) is 12.3. The van der Waals surface area contributed by atoms with E-state index in [0.29, 0.717) is 0 Å². The van der Waals surface area contributed by atoms with Gasteiger partial charge in [0, 0.05) is 5.69 Å². The highest BCUT2D eigenvalue weighted by Crippen LogP contribution is 2.37. The van der Waals surface area contributed by atoms with Crippen molar-refractivity contribution in [1.29, 1.82) is 5.26 Å². The summed E-state index contributed by atoms with van der Waals surface area (Å²) in [6, 6.07) is 17.1. The van der Waals surface area contributed by atoms with Crippen LogP contribution in [-0.4, -0.2) is 18.0 Å². The van der Waals surface area contributed by atoms with Crippen molar-refractivity contribution < 1.29 is 4.79 Å². The third-order valence-corrected chi connectivity index (χ3v) is 5.55. The molecule has 4 nitrogen and oxygen atoms in total. The van der Waals surface area contributed by atoms with Crippen LogP contribution in [0.2, 0.25) is 0 Å². The van der Waals surface area contributed by atoms with Crippen LogP contribution >= 0.6 is 0 Å². The number of carbonyl (C=O) groups excluding carboxylic acids is 1. The summed E-state index contributed by atoms with van der Waals surface area (Å²) in [5.74, 6) is -0.114. The minimum Gasteiger partial charge on any atom is -0.376 e. The molecule has 0 atom stereocenters. The number of rotatable bonds is 4. The van der Waals surface area contributed by atoms with Crippen LogP contribution < -0.4 is 10.6 Å². The van der Waals surface area contributed by atoms with Crippen LogP contribution in [0.25, 0.3) is 11.1 Å². The number of amides is 1. The number of fused-ring (bicyclic) bond motifs is 3. The molecule has 2 N–H and O–H groups in total. The molecule has 2 aromatic rings. The normalized spacial score (nSPS) is 16.9. The fourth-order valence-corrected chi connectivity index (χ4v) is 4.17. The average Bonchev–Trinajstić information content (AvgIpc) is 3.05. The van der Waals surface area contributed by atoms with Crippen LogP contribution in [0.1, 0.15) is 43.2 Å². The minimum absolute atomic E-state index is 0.114. The fourth-order valence-electron chi connectivity index (χ4n) is 4.17. The summed E-state index contributed by atoms with van der Waals surface area (Å²) < 4.78 is 0. The number of nitrogens with one attached hydrogen (secondary N) is 2. The second-order valence-corrected chi connectivity index (χ2v) is 7.36. The molecule has 132 valence electrons. The van der Waals surface area contributed by atoms with Gasteiger partial charge in [0.1, 0.15) is 5.54 Å². The van der Waals surface area contributed by atoms with Gasteiger partial charge in [0.2, 0.25) is 5.91 Å². The fraction of sp³-hybridized carbons (Fsp3) is 0.364. The van der Waals surface area contributed by atoms with Gasteiger partial charge in [0.25, 0.3) is 0 Å². The van der Waals surface area contributed by atoms with Crippen molar-refractivity contribution in [1.82, 2.24) is 5.32 Å². The molecule has 0 heterocycles. The van der Waals surface area contributed by atoms with E-state index in [1.807, 2.05) is 6.07 Å². The number of nitriles is 1. The third-order valence-electron chi connectivity index (χ3n) is 5.55. The lowest BCUT2D eigenvalue weighted by atomic mass is 9.83. The largest absolute Gasteiger partial charge is 0.376 e. The second-order valence-electron chi connectivity index (χ2n) is 7.36. The van der Waals surface area contributed by atoms with Crippen LogP contribution in [0.3, 0.4) is 0 Å². The van der Waals surface area contributed by atoms with E-state index in [1.54, 1.807) is 0 Å². The number of anilines is 1. The van der Waals surface area contributed by atoms with E-state index in [1.165, 1.54) is 22.3 Å². The molecule has 2 aromatic carbocycles. The average molecular weight is 345 g/mol. The Morgan fingerprint density at radius 2 is 1.81 bits per heavy atom. The first kappa shape index (κ1) is 16.7. The summed E-state index contributed by atoms with van der Waals surface area (Å²) in [6.45, 7) is 0.190. The van der Waals surface area contributed by atoms with Gasteiger partial charge in [-0.3, -0.25) is 4.79 Å². The molecular weight excluding hydrogens is 322 g/mol. The maximum Gasteiger partial charge on any atom is 0.240 e. The lowest BCUT2D eigenvalue weighted by Gasteiger charge is -2.31.